The Bertz CT molecular complexity index is 550. The molecule has 2 aromatic rings. The van der Waals surface area contributed by atoms with Crippen LogP contribution in [0, 0.1) is 0 Å². The lowest BCUT2D eigenvalue weighted by atomic mass is 10.2. The molecule has 0 bridgehead atoms. The molecule has 94 valence electrons. The summed E-state index contributed by atoms with van der Waals surface area (Å²) < 4.78 is 1.12. The van der Waals surface area contributed by atoms with E-state index in [0.29, 0.717) is 5.56 Å². The van der Waals surface area contributed by atoms with E-state index in [-0.39, 0.29) is 0 Å². The van der Waals surface area contributed by atoms with E-state index >= 15 is 0 Å². The number of carboxylic acid groups (broad SMARTS) is 1. The van der Waals surface area contributed by atoms with Crippen LogP contribution in [0.5, 0.6) is 0 Å². The first-order valence-corrected chi connectivity index (χ1v) is 7.01. The Morgan fingerprint density at radius 3 is 2.56 bits per heavy atom. The third kappa shape index (κ3) is 3.11. The van der Waals surface area contributed by atoms with Gasteiger partial charge in [-0.1, -0.05) is 0 Å². The van der Waals surface area contributed by atoms with Gasteiger partial charge >= 0.3 is 5.97 Å². The molecule has 1 heterocycles. The maximum absolute atomic E-state index is 10.8. The second-order valence-electron chi connectivity index (χ2n) is 3.97. The van der Waals surface area contributed by atoms with E-state index in [9.17, 15) is 4.79 Å². The lowest BCUT2D eigenvalue weighted by Gasteiger charge is -2.18. The van der Waals surface area contributed by atoms with Crippen LogP contribution in [-0.2, 0) is 6.54 Å². The molecule has 0 fully saturated rings. The Hall–Kier alpha value is -1.33. The number of anilines is 1. The third-order valence-corrected chi connectivity index (χ3v) is 4.15. The number of carboxylic acids is 1. The number of thiophene rings is 1. The highest BCUT2D eigenvalue weighted by Gasteiger charge is 2.06. The lowest BCUT2D eigenvalue weighted by molar-refractivity contribution is 0.0697. The topological polar surface area (TPSA) is 40.5 Å². The van der Waals surface area contributed by atoms with Crippen LogP contribution in [0.25, 0.3) is 0 Å². The first-order chi connectivity index (χ1) is 8.56. The number of benzene rings is 1. The van der Waals surface area contributed by atoms with Crippen LogP contribution in [0.4, 0.5) is 5.69 Å². The minimum atomic E-state index is -0.897. The number of rotatable bonds is 4. The smallest absolute Gasteiger partial charge is 0.335 e. The van der Waals surface area contributed by atoms with Crippen LogP contribution >= 0.6 is 27.3 Å². The predicted octanol–water partition coefficient (Wildman–Crippen LogP) is 3.85. The van der Waals surface area contributed by atoms with Crippen molar-refractivity contribution in [2.24, 2.45) is 0 Å². The molecule has 0 aliphatic carbocycles. The first-order valence-electron chi connectivity index (χ1n) is 5.33. The maximum Gasteiger partial charge on any atom is 0.335 e. The third-order valence-electron chi connectivity index (χ3n) is 2.60. The van der Waals surface area contributed by atoms with Crippen molar-refractivity contribution in [3.63, 3.8) is 0 Å². The number of hydrogen-bond donors (Lipinski definition) is 1. The summed E-state index contributed by atoms with van der Waals surface area (Å²) in [4.78, 5) is 12.8. The van der Waals surface area contributed by atoms with Gasteiger partial charge in [-0.25, -0.2) is 4.79 Å². The molecule has 1 N–H and O–H groups in total. The number of halogens is 1. The summed E-state index contributed by atoms with van der Waals surface area (Å²) in [5.74, 6) is -0.897. The summed E-state index contributed by atoms with van der Waals surface area (Å²) in [5.41, 5.74) is 2.55. The van der Waals surface area contributed by atoms with Crippen molar-refractivity contribution in [3.8, 4) is 0 Å². The van der Waals surface area contributed by atoms with E-state index in [4.69, 9.17) is 5.11 Å². The van der Waals surface area contributed by atoms with E-state index in [1.165, 1.54) is 5.56 Å². The van der Waals surface area contributed by atoms with Crippen LogP contribution in [-0.4, -0.2) is 18.1 Å². The Morgan fingerprint density at radius 1 is 1.39 bits per heavy atom. The number of aromatic carboxylic acids is 1. The van der Waals surface area contributed by atoms with Gasteiger partial charge in [0, 0.05) is 19.3 Å². The zero-order valence-electron chi connectivity index (χ0n) is 9.76. The molecule has 0 atom stereocenters. The van der Waals surface area contributed by atoms with Gasteiger partial charge in [-0.2, -0.15) is 0 Å². The van der Waals surface area contributed by atoms with Gasteiger partial charge in [0.1, 0.15) is 0 Å². The molecule has 1 aromatic carbocycles. The van der Waals surface area contributed by atoms with E-state index in [1.54, 1.807) is 23.5 Å². The van der Waals surface area contributed by atoms with Crippen LogP contribution in [0.3, 0.4) is 0 Å². The summed E-state index contributed by atoms with van der Waals surface area (Å²) >= 11 is 5.10. The van der Waals surface area contributed by atoms with Crippen LogP contribution in [0.15, 0.2) is 39.5 Å². The van der Waals surface area contributed by atoms with E-state index in [2.05, 4.69) is 32.3 Å². The monoisotopic (exact) mass is 325 g/mol. The Balaban J connectivity index is 2.09. The van der Waals surface area contributed by atoms with Gasteiger partial charge in [-0.05, 0) is 57.2 Å². The molecule has 0 unspecified atom stereocenters. The second-order valence-corrected chi connectivity index (χ2v) is 6.26. The van der Waals surface area contributed by atoms with Gasteiger partial charge in [-0.15, -0.1) is 11.3 Å². The molecule has 3 nitrogen and oxygen atoms in total. The molecule has 2 rings (SSSR count). The van der Waals surface area contributed by atoms with Crippen molar-refractivity contribution >= 4 is 38.9 Å². The first kappa shape index (κ1) is 13.1. The average Bonchev–Trinajstić information content (AvgIpc) is 2.75. The molecule has 0 aliphatic heterocycles. The van der Waals surface area contributed by atoms with Crippen LogP contribution < -0.4 is 4.90 Å². The quantitative estimate of drug-likeness (QED) is 0.928. The van der Waals surface area contributed by atoms with Crippen molar-refractivity contribution in [3.05, 3.63) is 50.6 Å². The molecule has 18 heavy (non-hydrogen) atoms. The molecule has 0 aliphatic rings. The van der Waals surface area contributed by atoms with Gasteiger partial charge in [0.2, 0.25) is 0 Å². The highest BCUT2D eigenvalue weighted by atomic mass is 79.9. The summed E-state index contributed by atoms with van der Waals surface area (Å²) in [7, 11) is 1.99. The summed E-state index contributed by atoms with van der Waals surface area (Å²) in [5, 5.41) is 10.9. The molecule has 1 aromatic heterocycles. The minimum Gasteiger partial charge on any atom is -0.478 e. The van der Waals surface area contributed by atoms with E-state index in [1.807, 2.05) is 19.2 Å². The molecule has 0 saturated heterocycles. The fraction of sp³-hybridized carbons (Fsp3) is 0.154. The maximum atomic E-state index is 10.8. The Morgan fingerprint density at radius 2 is 2.06 bits per heavy atom. The normalized spacial score (nSPS) is 10.3. The van der Waals surface area contributed by atoms with Crippen molar-refractivity contribution < 1.29 is 9.90 Å². The molecule has 0 saturated carbocycles. The molecule has 0 radical (unpaired) electrons. The van der Waals surface area contributed by atoms with Crippen molar-refractivity contribution in [2.75, 3.05) is 11.9 Å². The zero-order valence-corrected chi connectivity index (χ0v) is 12.2. The largest absolute Gasteiger partial charge is 0.478 e. The van der Waals surface area contributed by atoms with Gasteiger partial charge < -0.3 is 10.0 Å². The predicted molar refractivity (Wildman–Crippen MR) is 77.5 cm³/mol. The number of hydrogen-bond acceptors (Lipinski definition) is 3. The summed E-state index contributed by atoms with van der Waals surface area (Å²) in [6.45, 7) is 0.800. The van der Waals surface area contributed by atoms with Crippen LogP contribution in [0.2, 0.25) is 0 Å². The molecular weight excluding hydrogens is 314 g/mol. The van der Waals surface area contributed by atoms with E-state index < -0.39 is 5.97 Å². The Kier molecular flexibility index (Phi) is 4.04. The molecule has 5 heteroatoms. The fourth-order valence-electron chi connectivity index (χ4n) is 1.65. The van der Waals surface area contributed by atoms with Gasteiger partial charge in [0.15, 0.2) is 0 Å². The zero-order chi connectivity index (χ0) is 13.1. The Labute approximate surface area is 118 Å². The van der Waals surface area contributed by atoms with Crippen LogP contribution in [0.1, 0.15) is 15.9 Å². The summed E-state index contributed by atoms with van der Waals surface area (Å²) in [6.07, 6.45) is 0. The average molecular weight is 326 g/mol. The second kappa shape index (κ2) is 5.54. The van der Waals surface area contributed by atoms with Gasteiger partial charge in [-0.3, -0.25) is 0 Å². The minimum absolute atomic E-state index is 0.311. The van der Waals surface area contributed by atoms with E-state index in [0.717, 1.165) is 16.0 Å². The molecular formula is C13H12BrNO2S. The van der Waals surface area contributed by atoms with Crippen molar-refractivity contribution in [2.45, 2.75) is 6.54 Å². The molecule has 0 spiro atoms. The highest BCUT2D eigenvalue weighted by Crippen LogP contribution is 2.23. The van der Waals surface area contributed by atoms with Gasteiger partial charge in [0.05, 0.1) is 9.35 Å². The number of nitrogens with zero attached hydrogens (tertiary/aromatic N) is 1. The molecule has 0 amide bonds. The lowest BCUT2D eigenvalue weighted by Crippen LogP contribution is -2.15. The van der Waals surface area contributed by atoms with Crippen molar-refractivity contribution in [1.29, 1.82) is 0 Å². The highest BCUT2D eigenvalue weighted by molar-refractivity contribution is 9.11. The number of carbonyl (C=O) groups is 1. The summed E-state index contributed by atoms with van der Waals surface area (Å²) in [6, 6.07) is 8.98. The van der Waals surface area contributed by atoms with Crippen molar-refractivity contribution in [1.82, 2.24) is 0 Å². The van der Waals surface area contributed by atoms with Gasteiger partial charge in [0.25, 0.3) is 0 Å². The SMILES string of the molecule is CN(Cc1csc(Br)c1)c1ccc(C(=O)O)cc1. The standard InChI is InChI=1S/C13H12BrNO2S/c1-15(7-9-6-12(14)18-8-9)11-4-2-10(3-5-11)13(16)17/h2-6,8H,7H2,1H3,(H,16,17). The fourth-order valence-corrected chi connectivity index (χ4v) is 2.85.